The average molecular weight is 683 g/mol. The van der Waals surface area contributed by atoms with Crippen molar-refractivity contribution in [2.45, 2.75) is 0 Å². The molecule has 8 heteroatoms. The second-order valence-electron chi connectivity index (χ2n) is 14.2. The maximum atomic E-state index is 5.37. The van der Waals surface area contributed by atoms with E-state index >= 15 is 0 Å². The van der Waals surface area contributed by atoms with Crippen molar-refractivity contribution in [3.63, 3.8) is 0 Å². The highest BCUT2D eigenvalue weighted by molar-refractivity contribution is 6.08. The number of likely N-dealkylation sites (N-methyl/N-ethyl adjacent to an activating group) is 4. The van der Waals surface area contributed by atoms with Gasteiger partial charge in [0.05, 0.1) is 33.8 Å². The molecule has 9 rings (SSSR count). The Morgan fingerprint density at radius 3 is 1.56 bits per heavy atom. The Morgan fingerprint density at radius 2 is 1.00 bits per heavy atom. The lowest BCUT2D eigenvalue weighted by Crippen LogP contribution is -2.16. The minimum Gasteiger partial charge on any atom is -0.377 e. The van der Waals surface area contributed by atoms with Crippen LogP contribution in [0.5, 0.6) is 0 Å². The normalized spacial score (nSPS) is 17.9. The first kappa shape index (κ1) is 31.7. The molecule has 3 aromatic heterocycles. The van der Waals surface area contributed by atoms with Gasteiger partial charge in [0.15, 0.2) is 0 Å². The zero-order chi connectivity index (χ0) is 35.3. The van der Waals surface area contributed by atoms with Gasteiger partial charge in [-0.05, 0) is 120 Å². The van der Waals surface area contributed by atoms with Gasteiger partial charge in [0.25, 0.3) is 0 Å². The number of aromatic amines is 1. The van der Waals surface area contributed by atoms with E-state index in [9.17, 15) is 0 Å². The minimum atomic E-state index is 0.801. The number of nitrogens with one attached hydrogen (secondary N) is 1. The molecule has 0 fully saturated rings. The highest BCUT2D eigenvalue weighted by Crippen LogP contribution is 2.44. The van der Waals surface area contributed by atoms with Crippen molar-refractivity contribution in [2.75, 3.05) is 54.4 Å². The van der Waals surface area contributed by atoms with E-state index < -0.39 is 0 Å². The molecule has 6 aliphatic heterocycles. The van der Waals surface area contributed by atoms with E-state index in [1.54, 1.807) is 0 Å². The van der Waals surface area contributed by atoms with Crippen molar-refractivity contribution in [3.05, 3.63) is 143 Å². The van der Waals surface area contributed by atoms with E-state index in [0.717, 1.165) is 87.9 Å². The highest BCUT2D eigenvalue weighted by Gasteiger charge is 2.28. The molecule has 52 heavy (non-hydrogen) atoms. The SMILES string of the molecule is CN1C=CC(c2c(C3=CCN(C)C=C3)c3c(C4=CCN(C)C=C4)c4nc(cc5ccc(cc6nc(cc2n3C2=CCN(C)C=C2)C=C6)[nH]5)C=C4)=CC1. The Morgan fingerprint density at radius 1 is 0.500 bits per heavy atom. The van der Waals surface area contributed by atoms with E-state index in [1.807, 2.05) is 0 Å². The van der Waals surface area contributed by atoms with Crippen LogP contribution in [0.3, 0.4) is 0 Å². The van der Waals surface area contributed by atoms with Gasteiger partial charge in [-0.2, -0.15) is 0 Å². The zero-order valence-electron chi connectivity index (χ0n) is 30.1. The van der Waals surface area contributed by atoms with Gasteiger partial charge in [-0.15, -0.1) is 0 Å². The summed E-state index contributed by atoms with van der Waals surface area (Å²) in [5.74, 6) is 0. The number of aromatic nitrogens is 4. The molecule has 0 unspecified atom stereocenters. The third-order valence-electron chi connectivity index (χ3n) is 10.2. The molecule has 8 nitrogen and oxygen atoms in total. The predicted molar refractivity (Wildman–Crippen MR) is 218 cm³/mol. The van der Waals surface area contributed by atoms with Crippen molar-refractivity contribution in [1.82, 2.24) is 39.1 Å². The molecule has 0 atom stereocenters. The summed E-state index contributed by atoms with van der Waals surface area (Å²) >= 11 is 0. The van der Waals surface area contributed by atoms with Gasteiger partial charge in [0.2, 0.25) is 0 Å². The van der Waals surface area contributed by atoms with Gasteiger partial charge in [0, 0.05) is 94.0 Å². The molecular formula is C44H42N8. The first-order valence-corrected chi connectivity index (χ1v) is 17.9. The van der Waals surface area contributed by atoms with Crippen molar-refractivity contribution in [2.24, 2.45) is 0 Å². The molecule has 0 aromatic carbocycles. The van der Waals surface area contributed by atoms with Crippen molar-refractivity contribution in [1.29, 1.82) is 0 Å². The van der Waals surface area contributed by atoms with Crippen LogP contribution in [0.15, 0.2) is 104 Å². The number of rotatable bonds is 4. The van der Waals surface area contributed by atoms with E-state index in [1.165, 1.54) is 22.3 Å². The molecule has 0 saturated heterocycles. The molecule has 0 spiro atoms. The molecule has 1 N–H and O–H groups in total. The molecule has 6 aliphatic rings. The summed E-state index contributed by atoms with van der Waals surface area (Å²) in [5.41, 5.74) is 16.0. The van der Waals surface area contributed by atoms with Crippen LogP contribution in [0.1, 0.15) is 39.5 Å². The van der Waals surface area contributed by atoms with Gasteiger partial charge in [-0.3, -0.25) is 0 Å². The Bertz CT molecular complexity index is 2480. The standard InChI is InChI=1S/C44H42N8/c1-48-19-11-30(12-20-48)41-39-10-9-36(47-39)28-35-6-5-33(45-35)27-34-7-8-37(46-34)29-40-42(31-13-21-49(2)22-14-31)43(32-15-23-50(3)24-16-32)44(41)52(40)38-17-25-51(4)26-18-38/h5-19,21,23,25,27-29,45H,20,22,24,26H2,1-4H3. The monoisotopic (exact) mass is 682 g/mol. The van der Waals surface area contributed by atoms with Crippen LogP contribution < -0.4 is 0 Å². The van der Waals surface area contributed by atoms with E-state index in [-0.39, 0.29) is 0 Å². The molecule has 8 bridgehead atoms. The number of H-pyrrole nitrogens is 1. The number of hydrogen-bond acceptors (Lipinski definition) is 6. The predicted octanol–water partition coefficient (Wildman–Crippen LogP) is 7.96. The van der Waals surface area contributed by atoms with Crippen LogP contribution in [0.2, 0.25) is 0 Å². The van der Waals surface area contributed by atoms with Gasteiger partial charge >= 0.3 is 0 Å². The lowest BCUT2D eigenvalue weighted by Gasteiger charge is -2.22. The van der Waals surface area contributed by atoms with Crippen molar-refractivity contribution in [3.8, 4) is 0 Å². The Balaban J connectivity index is 1.54. The first-order valence-electron chi connectivity index (χ1n) is 17.9. The van der Waals surface area contributed by atoms with Crippen LogP contribution >= 0.6 is 0 Å². The summed E-state index contributed by atoms with van der Waals surface area (Å²) in [7, 11) is 8.48. The fraction of sp³-hybridized carbons (Fsp3) is 0.182. The summed E-state index contributed by atoms with van der Waals surface area (Å²) in [6.45, 7) is 3.25. The fourth-order valence-electron chi connectivity index (χ4n) is 7.45. The maximum absolute atomic E-state index is 5.37. The molecule has 258 valence electrons. The minimum absolute atomic E-state index is 0.801. The second-order valence-corrected chi connectivity index (χ2v) is 14.2. The Kier molecular flexibility index (Phi) is 7.80. The summed E-state index contributed by atoms with van der Waals surface area (Å²) in [4.78, 5) is 22.9. The first-order chi connectivity index (χ1) is 25.4. The molecule has 0 amide bonds. The average Bonchev–Trinajstić information content (AvgIpc) is 3.95. The third kappa shape index (κ3) is 5.86. The lowest BCUT2D eigenvalue weighted by molar-refractivity contribution is 0.505. The van der Waals surface area contributed by atoms with Crippen LogP contribution in [-0.2, 0) is 0 Å². The number of fused-ring (bicyclic) bond motifs is 8. The second kappa shape index (κ2) is 12.8. The summed E-state index contributed by atoms with van der Waals surface area (Å²) in [6.07, 6.45) is 35.7. The van der Waals surface area contributed by atoms with E-state index in [2.05, 4.69) is 185 Å². The topological polar surface area (TPSA) is 59.5 Å². The maximum Gasteiger partial charge on any atom is 0.0737 e. The number of hydrogen-bond donors (Lipinski definition) is 1. The Labute approximate surface area is 304 Å². The lowest BCUT2D eigenvalue weighted by atomic mass is 9.90. The van der Waals surface area contributed by atoms with E-state index in [4.69, 9.17) is 9.97 Å². The van der Waals surface area contributed by atoms with Gasteiger partial charge in [-0.25, -0.2) is 9.97 Å². The van der Waals surface area contributed by atoms with Crippen LogP contribution in [-0.4, -0.2) is 93.5 Å². The summed E-state index contributed by atoms with van der Waals surface area (Å²) in [5, 5.41) is 0. The molecular weight excluding hydrogens is 641 g/mol. The summed E-state index contributed by atoms with van der Waals surface area (Å²) < 4.78 is 2.48. The molecule has 0 saturated carbocycles. The summed E-state index contributed by atoms with van der Waals surface area (Å²) in [6, 6.07) is 10.7. The quantitative estimate of drug-likeness (QED) is 0.208. The van der Waals surface area contributed by atoms with Crippen LogP contribution in [0.4, 0.5) is 0 Å². The smallest absolute Gasteiger partial charge is 0.0737 e. The molecule has 9 heterocycles. The van der Waals surface area contributed by atoms with Gasteiger partial charge in [0.1, 0.15) is 0 Å². The highest BCUT2D eigenvalue weighted by atomic mass is 15.1. The molecule has 0 radical (unpaired) electrons. The third-order valence-corrected chi connectivity index (χ3v) is 10.2. The van der Waals surface area contributed by atoms with Crippen molar-refractivity contribution < 1.29 is 0 Å². The largest absolute Gasteiger partial charge is 0.377 e. The van der Waals surface area contributed by atoms with Gasteiger partial charge < -0.3 is 29.2 Å². The number of allylic oxidation sites excluding steroid dienone is 8. The molecule has 3 aromatic rings. The number of nitrogens with zero attached hydrogens (tertiary/aromatic N) is 7. The van der Waals surface area contributed by atoms with E-state index in [0.29, 0.717) is 0 Å². The molecule has 0 aliphatic carbocycles. The Hall–Kier alpha value is -6.28. The van der Waals surface area contributed by atoms with Gasteiger partial charge in [-0.1, -0.05) is 18.2 Å². The fourth-order valence-corrected chi connectivity index (χ4v) is 7.45. The van der Waals surface area contributed by atoms with Crippen LogP contribution in [0, 0.1) is 0 Å². The van der Waals surface area contributed by atoms with Crippen molar-refractivity contribution >= 4 is 68.8 Å². The van der Waals surface area contributed by atoms with Crippen LogP contribution in [0.25, 0.3) is 68.8 Å². The zero-order valence-corrected chi connectivity index (χ0v) is 30.1.